The highest BCUT2D eigenvalue weighted by Crippen LogP contribution is 2.32. The van der Waals surface area contributed by atoms with Crippen LogP contribution in [0.15, 0.2) is 18.2 Å². The number of likely N-dealkylation sites (tertiary alicyclic amines) is 1. The molecule has 0 bridgehead atoms. The first kappa shape index (κ1) is 16.7. The van der Waals surface area contributed by atoms with E-state index in [4.69, 9.17) is 14.2 Å². The van der Waals surface area contributed by atoms with Gasteiger partial charge in [0.05, 0.1) is 5.92 Å². The molecule has 0 aromatic heterocycles. The molecular formula is C19H26N2O4. The van der Waals surface area contributed by atoms with E-state index in [1.54, 1.807) is 0 Å². The molecule has 0 unspecified atom stereocenters. The van der Waals surface area contributed by atoms with Gasteiger partial charge in [-0.25, -0.2) is 0 Å². The highest BCUT2D eigenvalue weighted by molar-refractivity contribution is 5.79. The average molecular weight is 346 g/mol. The summed E-state index contributed by atoms with van der Waals surface area (Å²) in [5, 5.41) is 3.10. The maximum absolute atomic E-state index is 12.6. The Labute approximate surface area is 148 Å². The van der Waals surface area contributed by atoms with Crippen molar-refractivity contribution in [3.8, 4) is 11.5 Å². The van der Waals surface area contributed by atoms with E-state index in [0.717, 1.165) is 69.0 Å². The topological polar surface area (TPSA) is 60.0 Å². The van der Waals surface area contributed by atoms with Gasteiger partial charge in [0.15, 0.2) is 11.5 Å². The Morgan fingerprint density at radius 2 is 2.00 bits per heavy atom. The third kappa shape index (κ3) is 3.90. The molecule has 25 heavy (non-hydrogen) atoms. The normalized spacial score (nSPS) is 24.2. The summed E-state index contributed by atoms with van der Waals surface area (Å²) >= 11 is 0. The van der Waals surface area contributed by atoms with Gasteiger partial charge in [0, 0.05) is 32.3 Å². The third-order valence-electron chi connectivity index (χ3n) is 5.43. The number of nitrogens with one attached hydrogen (secondary N) is 1. The summed E-state index contributed by atoms with van der Waals surface area (Å²) in [6, 6.07) is 6.40. The lowest BCUT2D eigenvalue weighted by atomic mass is 9.94. The Morgan fingerprint density at radius 3 is 2.88 bits per heavy atom. The predicted octanol–water partition coefficient (Wildman–Crippen LogP) is 1.92. The number of hydrogen-bond donors (Lipinski definition) is 1. The molecule has 136 valence electrons. The second-order valence-electron chi connectivity index (χ2n) is 7.08. The molecule has 3 heterocycles. The van der Waals surface area contributed by atoms with Crippen LogP contribution in [-0.2, 0) is 16.1 Å². The van der Waals surface area contributed by atoms with Crippen molar-refractivity contribution in [2.75, 3.05) is 33.1 Å². The van der Waals surface area contributed by atoms with E-state index in [0.29, 0.717) is 12.6 Å². The Hall–Kier alpha value is -1.79. The van der Waals surface area contributed by atoms with Crippen molar-refractivity contribution in [2.24, 2.45) is 5.92 Å². The summed E-state index contributed by atoms with van der Waals surface area (Å²) in [6.07, 6.45) is 4.25. The van der Waals surface area contributed by atoms with Gasteiger partial charge in [-0.2, -0.15) is 0 Å². The molecule has 1 aromatic carbocycles. The summed E-state index contributed by atoms with van der Waals surface area (Å²) in [6.45, 7) is 4.48. The van der Waals surface area contributed by atoms with Crippen LogP contribution in [0, 0.1) is 5.92 Å². The molecule has 6 heteroatoms. The molecule has 1 aromatic rings. The minimum Gasteiger partial charge on any atom is -0.454 e. The van der Waals surface area contributed by atoms with Crippen molar-refractivity contribution in [1.82, 2.24) is 10.2 Å². The van der Waals surface area contributed by atoms with Crippen LogP contribution in [0.1, 0.15) is 31.2 Å². The summed E-state index contributed by atoms with van der Waals surface area (Å²) in [4.78, 5) is 15.1. The third-order valence-corrected chi connectivity index (χ3v) is 5.43. The smallest absolute Gasteiger partial charge is 0.231 e. The Bertz CT molecular complexity index is 615. The number of benzene rings is 1. The lowest BCUT2D eigenvalue weighted by Crippen LogP contribution is -2.48. The first-order valence-corrected chi connectivity index (χ1v) is 9.27. The minimum absolute atomic E-state index is 0.0885. The lowest BCUT2D eigenvalue weighted by Gasteiger charge is -2.39. The van der Waals surface area contributed by atoms with Crippen molar-refractivity contribution in [2.45, 2.75) is 38.3 Å². The molecule has 3 aliphatic rings. The van der Waals surface area contributed by atoms with Crippen LogP contribution in [0.3, 0.4) is 0 Å². The van der Waals surface area contributed by atoms with Crippen LogP contribution in [0.25, 0.3) is 0 Å². The largest absolute Gasteiger partial charge is 0.454 e. The van der Waals surface area contributed by atoms with Gasteiger partial charge in [-0.3, -0.25) is 9.69 Å². The molecule has 1 amide bonds. The molecule has 4 rings (SSSR count). The molecule has 0 aliphatic carbocycles. The molecular weight excluding hydrogens is 320 g/mol. The van der Waals surface area contributed by atoms with Gasteiger partial charge in [0.2, 0.25) is 12.7 Å². The number of carbonyl (C=O) groups excluding carboxylic acids is 1. The van der Waals surface area contributed by atoms with Gasteiger partial charge < -0.3 is 19.5 Å². The van der Waals surface area contributed by atoms with E-state index in [2.05, 4.69) is 10.2 Å². The zero-order valence-electron chi connectivity index (χ0n) is 14.5. The molecule has 6 nitrogen and oxygen atoms in total. The zero-order chi connectivity index (χ0) is 17.1. The fourth-order valence-electron chi connectivity index (χ4n) is 3.99. The number of ether oxygens (including phenoxy) is 3. The van der Waals surface area contributed by atoms with Crippen molar-refractivity contribution >= 4 is 5.91 Å². The molecule has 1 N–H and O–H groups in total. The highest BCUT2D eigenvalue weighted by atomic mass is 16.7. The molecule has 0 radical (unpaired) electrons. The number of piperidine rings is 1. The van der Waals surface area contributed by atoms with E-state index in [1.807, 2.05) is 18.2 Å². The quantitative estimate of drug-likeness (QED) is 0.903. The molecule has 0 saturated carbocycles. The van der Waals surface area contributed by atoms with Crippen molar-refractivity contribution in [3.63, 3.8) is 0 Å². The summed E-state index contributed by atoms with van der Waals surface area (Å²) in [5.74, 6) is 1.78. The van der Waals surface area contributed by atoms with Gasteiger partial charge in [0.1, 0.15) is 0 Å². The van der Waals surface area contributed by atoms with E-state index in [9.17, 15) is 4.79 Å². The fourth-order valence-corrected chi connectivity index (χ4v) is 3.99. The van der Waals surface area contributed by atoms with E-state index < -0.39 is 0 Å². The number of hydrogen-bond acceptors (Lipinski definition) is 5. The van der Waals surface area contributed by atoms with Gasteiger partial charge in [0.25, 0.3) is 0 Å². The van der Waals surface area contributed by atoms with Crippen LogP contribution >= 0.6 is 0 Å². The SMILES string of the molecule is O=C(NCc1ccc2c(c1)OCO2)[C@H]1CCCN(C2CCOCC2)C1. The molecule has 3 aliphatic heterocycles. The van der Waals surface area contributed by atoms with Crippen molar-refractivity contribution < 1.29 is 19.0 Å². The van der Waals surface area contributed by atoms with E-state index in [-0.39, 0.29) is 18.6 Å². The van der Waals surface area contributed by atoms with Gasteiger partial charge in [-0.1, -0.05) is 6.07 Å². The van der Waals surface area contributed by atoms with Crippen molar-refractivity contribution in [3.05, 3.63) is 23.8 Å². The van der Waals surface area contributed by atoms with Crippen LogP contribution in [0.2, 0.25) is 0 Å². The number of amides is 1. The number of rotatable bonds is 4. The first-order valence-electron chi connectivity index (χ1n) is 9.27. The van der Waals surface area contributed by atoms with Gasteiger partial charge >= 0.3 is 0 Å². The summed E-state index contributed by atoms with van der Waals surface area (Å²) in [7, 11) is 0. The van der Waals surface area contributed by atoms with Crippen molar-refractivity contribution in [1.29, 1.82) is 0 Å². The Kier molecular flexibility index (Phi) is 5.08. The number of carbonyl (C=O) groups is 1. The lowest BCUT2D eigenvalue weighted by molar-refractivity contribution is -0.127. The monoisotopic (exact) mass is 346 g/mol. The number of nitrogens with zero attached hydrogens (tertiary/aromatic N) is 1. The minimum atomic E-state index is 0.0885. The average Bonchev–Trinajstić information content (AvgIpc) is 3.15. The maximum atomic E-state index is 12.6. The van der Waals surface area contributed by atoms with Crippen LogP contribution < -0.4 is 14.8 Å². The Morgan fingerprint density at radius 1 is 1.16 bits per heavy atom. The molecule has 2 fully saturated rings. The zero-order valence-corrected chi connectivity index (χ0v) is 14.5. The molecule has 1 atom stereocenters. The predicted molar refractivity (Wildman–Crippen MR) is 92.5 cm³/mol. The standard InChI is InChI=1S/C19H26N2O4/c22-19(20-11-14-3-4-17-18(10-14)25-13-24-17)15-2-1-7-21(12-15)16-5-8-23-9-6-16/h3-4,10,15-16H,1-2,5-9,11-13H2,(H,20,22)/t15-/m0/s1. The summed E-state index contributed by atoms with van der Waals surface area (Å²) in [5.41, 5.74) is 1.04. The van der Waals surface area contributed by atoms with E-state index in [1.165, 1.54) is 0 Å². The van der Waals surface area contributed by atoms with E-state index >= 15 is 0 Å². The number of fused-ring (bicyclic) bond motifs is 1. The Balaban J connectivity index is 1.30. The van der Waals surface area contributed by atoms with Crippen LogP contribution in [-0.4, -0.2) is 49.9 Å². The van der Waals surface area contributed by atoms with Gasteiger partial charge in [-0.15, -0.1) is 0 Å². The van der Waals surface area contributed by atoms with Crippen LogP contribution in [0.4, 0.5) is 0 Å². The fraction of sp³-hybridized carbons (Fsp3) is 0.632. The molecule has 2 saturated heterocycles. The highest BCUT2D eigenvalue weighted by Gasteiger charge is 2.30. The molecule has 0 spiro atoms. The second-order valence-corrected chi connectivity index (χ2v) is 7.08. The second kappa shape index (κ2) is 7.62. The first-order chi connectivity index (χ1) is 12.3. The maximum Gasteiger partial charge on any atom is 0.231 e. The summed E-state index contributed by atoms with van der Waals surface area (Å²) < 4.78 is 16.2. The van der Waals surface area contributed by atoms with Crippen LogP contribution in [0.5, 0.6) is 11.5 Å². The van der Waals surface area contributed by atoms with Gasteiger partial charge in [-0.05, 0) is 49.9 Å².